The molecule has 4 heterocycles. The molecular weight excluding hydrogens is 404 g/mol. The van der Waals surface area contributed by atoms with Crippen LogP contribution in [0.5, 0.6) is 0 Å². The summed E-state index contributed by atoms with van der Waals surface area (Å²) in [5.41, 5.74) is 1.78. The molecule has 1 aliphatic carbocycles. The predicted octanol–water partition coefficient (Wildman–Crippen LogP) is 4.27. The first kappa shape index (κ1) is 20.8. The quantitative estimate of drug-likeness (QED) is 0.665. The van der Waals surface area contributed by atoms with Gasteiger partial charge >= 0.3 is 0 Å². The van der Waals surface area contributed by atoms with Gasteiger partial charge in [-0.05, 0) is 31.9 Å². The van der Waals surface area contributed by atoms with Crippen molar-refractivity contribution in [2.24, 2.45) is 0 Å². The highest BCUT2D eigenvalue weighted by Gasteiger charge is 2.48. The Kier molecular flexibility index (Phi) is 5.49. The van der Waals surface area contributed by atoms with Gasteiger partial charge < -0.3 is 19.2 Å². The van der Waals surface area contributed by atoms with Crippen molar-refractivity contribution in [1.29, 1.82) is 0 Å². The van der Waals surface area contributed by atoms with Crippen LogP contribution in [-0.4, -0.2) is 37.8 Å². The molecule has 0 spiro atoms. The lowest BCUT2D eigenvalue weighted by molar-refractivity contribution is -0.134. The van der Waals surface area contributed by atoms with Crippen molar-refractivity contribution in [3.63, 3.8) is 0 Å². The van der Waals surface area contributed by atoms with Crippen LogP contribution in [0.4, 0.5) is 0 Å². The topological polar surface area (TPSA) is 80.4 Å². The summed E-state index contributed by atoms with van der Waals surface area (Å²) in [7, 11) is 0. The minimum atomic E-state index is -1.03. The highest BCUT2D eigenvalue weighted by Crippen LogP contribution is 2.34. The van der Waals surface area contributed by atoms with Crippen molar-refractivity contribution >= 4 is 22.9 Å². The van der Waals surface area contributed by atoms with E-state index >= 15 is 0 Å². The molecular formula is C25H30N4O3. The predicted molar refractivity (Wildman–Crippen MR) is 121 cm³/mol. The van der Waals surface area contributed by atoms with Crippen LogP contribution in [-0.2, 0) is 17.9 Å². The van der Waals surface area contributed by atoms with Crippen LogP contribution in [0.1, 0.15) is 68.1 Å². The highest BCUT2D eigenvalue weighted by atomic mass is 16.3. The molecule has 0 saturated heterocycles. The molecule has 7 heteroatoms. The summed E-state index contributed by atoms with van der Waals surface area (Å²) in [5.74, 6) is -0.271. The minimum absolute atomic E-state index is 0.0941. The van der Waals surface area contributed by atoms with Crippen LogP contribution in [0.15, 0.2) is 47.2 Å². The molecule has 1 saturated carbocycles. The van der Waals surface area contributed by atoms with E-state index in [-0.39, 0.29) is 24.4 Å². The number of nitrogens with one attached hydrogen (secondary N) is 1. The Morgan fingerprint density at radius 3 is 2.72 bits per heavy atom. The van der Waals surface area contributed by atoms with E-state index in [0.29, 0.717) is 17.8 Å². The van der Waals surface area contributed by atoms with Crippen LogP contribution in [0.2, 0.25) is 0 Å². The third-order valence-electron chi connectivity index (χ3n) is 7.02. The summed E-state index contributed by atoms with van der Waals surface area (Å²) >= 11 is 0. The lowest BCUT2D eigenvalue weighted by Crippen LogP contribution is -2.64. The van der Waals surface area contributed by atoms with E-state index in [4.69, 9.17) is 4.42 Å². The lowest BCUT2D eigenvalue weighted by atomic mass is 9.92. The number of hydrogen-bond donors (Lipinski definition) is 1. The fourth-order valence-corrected chi connectivity index (χ4v) is 5.12. The zero-order valence-corrected chi connectivity index (χ0v) is 18.5. The standard InChI is InChI=1S/C25H30N4O3/c1-25(24(31)27-18-9-5-3-2-4-6-10-18)17-28-20-12-14-32-22(20)15-21(28)23(30)29(25)16-19-11-7-8-13-26-19/h7-8,11-15,18H,2-6,9-10,16-17H2,1H3,(H,27,31)/t25-/m0/s1. The van der Waals surface area contributed by atoms with E-state index in [1.807, 2.05) is 35.8 Å². The van der Waals surface area contributed by atoms with Crippen LogP contribution >= 0.6 is 0 Å². The molecule has 0 radical (unpaired) electrons. The second-order valence-electron chi connectivity index (χ2n) is 9.29. The van der Waals surface area contributed by atoms with E-state index < -0.39 is 5.54 Å². The maximum atomic E-state index is 13.8. The molecule has 3 aromatic rings. The number of pyridine rings is 1. The number of aromatic nitrogens is 2. The number of hydrogen-bond acceptors (Lipinski definition) is 4. The second-order valence-corrected chi connectivity index (χ2v) is 9.29. The number of carbonyl (C=O) groups excluding carboxylic acids is 2. The maximum Gasteiger partial charge on any atom is 0.271 e. The fourth-order valence-electron chi connectivity index (χ4n) is 5.12. The van der Waals surface area contributed by atoms with Gasteiger partial charge in [0.2, 0.25) is 5.91 Å². The van der Waals surface area contributed by atoms with Gasteiger partial charge in [0, 0.05) is 24.4 Å². The van der Waals surface area contributed by atoms with Gasteiger partial charge in [-0.25, -0.2) is 0 Å². The summed E-state index contributed by atoms with van der Waals surface area (Å²) in [5, 5.41) is 3.31. The normalized spacial score (nSPS) is 22.4. The average molecular weight is 435 g/mol. The lowest BCUT2D eigenvalue weighted by Gasteiger charge is -2.44. The van der Waals surface area contributed by atoms with Gasteiger partial charge in [0.25, 0.3) is 5.91 Å². The van der Waals surface area contributed by atoms with Gasteiger partial charge in [0.15, 0.2) is 5.58 Å². The third kappa shape index (κ3) is 3.70. The Bertz CT molecular complexity index is 1110. The molecule has 3 aromatic heterocycles. The average Bonchev–Trinajstić information content (AvgIpc) is 3.36. The summed E-state index contributed by atoms with van der Waals surface area (Å²) < 4.78 is 7.47. The molecule has 1 aliphatic heterocycles. The van der Waals surface area contributed by atoms with Crippen LogP contribution in [0.3, 0.4) is 0 Å². The molecule has 0 aromatic carbocycles. The highest BCUT2D eigenvalue weighted by molar-refractivity contribution is 6.02. The molecule has 5 rings (SSSR count). The van der Waals surface area contributed by atoms with Crippen LogP contribution < -0.4 is 5.32 Å². The monoisotopic (exact) mass is 434 g/mol. The van der Waals surface area contributed by atoms with E-state index in [2.05, 4.69) is 10.3 Å². The molecule has 1 N–H and O–H groups in total. The zero-order chi connectivity index (χ0) is 22.1. The van der Waals surface area contributed by atoms with Gasteiger partial charge in [-0.1, -0.05) is 38.2 Å². The number of carbonyl (C=O) groups is 2. The number of amides is 2. The second kappa shape index (κ2) is 8.45. The SMILES string of the molecule is C[C@@]1(C(=O)NC2CCCCCCC2)Cn2c(cc3occc32)C(=O)N1Cc1ccccn1. The van der Waals surface area contributed by atoms with Crippen LogP contribution in [0, 0.1) is 0 Å². The number of fused-ring (bicyclic) bond motifs is 3. The Morgan fingerprint density at radius 1 is 1.19 bits per heavy atom. The van der Waals surface area contributed by atoms with Gasteiger partial charge in [0.05, 0.1) is 30.6 Å². The smallest absolute Gasteiger partial charge is 0.271 e. The van der Waals surface area contributed by atoms with Crippen molar-refractivity contribution in [3.05, 3.63) is 54.2 Å². The van der Waals surface area contributed by atoms with E-state index in [1.165, 1.54) is 19.3 Å². The summed E-state index contributed by atoms with van der Waals surface area (Å²) in [6, 6.07) is 9.43. The van der Waals surface area contributed by atoms with Crippen molar-refractivity contribution in [2.75, 3.05) is 0 Å². The number of rotatable bonds is 4. The van der Waals surface area contributed by atoms with Crippen molar-refractivity contribution in [1.82, 2.24) is 19.8 Å². The first-order chi connectivity index (χ1) is 15.6. The molecule has 2 aliphatic rings. The van der Waals surface area contributed by atoms with Crippen molar-refractivity contribution < 1.29 is 14.0 Å². The molecule has 168 valence electrons. The Balaban J connectivity index is 1.49. The molecule has 1 fully saturated rings. The molecule has 0 bridgehead atoms. The van der Waals surface area contributed by atoms with Crippen molar-refractivity contribution in [2.45, 2.75) is 76.5 Å². The van der Waals surface area contributed by atoms with Gasteiger partial charge in [-0.2, -0.15) is 0 Å². The summed E-state index contributed by atoms with van der Waals surface area (Å²) in [6.07, 6.45) is 11.3. The first-order valence-electron chi connectivity index (χ1n) is 11.7. The Hall–Kier alpha value is -3.09. The number of nitrogens with zero attached hydrogens (tertiary/aromatic N) is 3. The van der Waals surface area contributed by atoms with Gasteiger partial charge in [0.1, 0.15) is 11.2 Å². The molecule has 7 nitrogen and oxygen atoms in total. The third-order valence-corrected chi connectivity index (χ3v) is 7.02. The molecule has 1 atom stereocenters. The minimum Gasteiger partial charge on any atom is -0.463 e. The number of furan rings is 1. The Labute approximate surface area is 187 Å². The fraction of sp³-hybridized carbons (Fsp3) is 0.480. The Morgan fingerprint density at radius 2 is 1.97 bits per heavy atom. The van der Waals surface area contributed by atoms with Gasteiger partial charge in [-0.15, -0.1) is 0 Å². The summed E-state index contributed by atoms with van der Waals surface area (Å²) in [6.45, 7) is 2.53. The van der Waals surface area contributed by atoms with Crippen molar-refractivity contribution in [3.8, 4) is 0 Å². The zero-order valence-electron chi connectivity index (χ0n) is 18.5. The maximum absolute atomic E-state index is 13.8. The largest absolute Gasteiger partial charge is 0.463 e. The van der Waals surface area contributed by atoms with E-state index in [9.17, 15) is 9.59 Å². The molecule has 32 heavy (non-hydrogen) atoms. The first-order valence-corrected chi connectivity index (χ1v) is 11.7. The molecule has 2 amide bonds. The van der Waals surface area contributed by atoms with Gasteiger partial charge in [-0.3, -0.25) is 14.6 Å². The summed E-state index contributed by atoms with van der Waals surface area (Å²) in [4.78, 5) is 33.5. The van der Waals surface area contributed by atoms with E-state index in [0.717, 1.165) is 36.9 Å². The van der Waals surface area contributed by atoms with E-state index in [1.54, 1.807) is 23.4 Å². The molecule has 0 unspecified atom stereocenters. The van der Waals surface area contributed by atoms with Crippen LogP contribution in [0.25, 0.3) is 11.1 Å².